The molecule has 0 spiro atoms. The van der Waals surface area contributed by atoms with Gasteiger partial charge in [0.15, 0.2) is 9.84 Å². The van der Waals surface area contributed by atoms with Crippen molar-refractivity contribution in [1.29, 1.82) is 0 Å². The summed E-state index contributed by atoms with van der Waals surface area (Å²) in [5, 5.41) is -0.704. The number of halogens is 2. The summed E-state index contributed by atoms with van der Waals surface area (Å²) in [6.45, 7) is 0. The molecule has 19 heavy (non-hydrogen) atoms. The minimum atomic E-state index is -3.89. The standard InChI is InChI=1S/C10H11Cl2NO4S2/c11-7-3-1-2-4-10(7)19(16,17)13-9-6-18(14,15)5-8(9)12/h1-4,8-9,13H,5-6H2. The Hall–Kier alpha value is -0.340. The van der Waals surface area contributed by atoms with Crippen LogP contribution in [0.25, 0.3) is 0 Å². The number of sulfonamides is 1. The summed E-state index contributed by atoms with van der Waals surface area (Å²) in [4.78, 5) is -0.0927. The monoisotopic (exact) mass is 343 g/mol. The Labute approximate surface area is 121 Å². The first-order chi connectivity index (χ1) is 8.71. The largest absolute Gasteiger partial charge is 0.242 e. The zero-order chi connectivity index (χ0) is 14.3. The molecule has 1 saturated heterocycles. The molecule has 1 heterocycles. The van der Waals surface area contributed by atoms with Gasteiger partial charge in [0.25, 0.3) is 0 Å². The van der Waals surface area contributed by atoms with Crippen LogP contribution in [0, 0.1) is 0 Å². The van der Waals surface area contributed by atoms with Gasteiger partial charge in [-0.25, -0.2) is 21.6 Å². The summed E-state index contributed by atoms with van der Waals surface area (Å²) < 4.78 is 49.3. The Morgan fingerprint density at radius 3 is 2.37 bits per heavy atom. The van der Waals surface area contributed by atoms with Crippen molar-refractivity contribution in [2.24, 2.45) is 0 Å². The first-order valence-electron chi connectivity index (χ1n) is 5.33. The highest BCUT2D eigenvalue weighted by atomic mass is 35.5. The molecule has 1 aromatic rings. The predicted octanol–water partition coefficient (Wildman–Crippen LogP) is 1.02. The average Bonchev–Trinajstić information content (AvgIpc) is 2.51. The second kappa shape index (κ2) is 5.21. The topological polar surface area (TPSA) is 80.3 Å². The Bertz CT molecular complexity index is 687. The van der Waals surface area contributed by atoms with Gasteiger partial charge >= 0.3 is 0 Å². The molecule has 1 N–H and O–H groups in total. The molecular formula is C10H11Cl2NO4S2. The SMILES string of the molecule is O=S1(=O)CC(Cl)C(NS(=O)(=O)c2ccccc2Cl)C1. The smallest absolute Gasteiger partial charge is 0.229 e. The number of alkyl halides is 1. The van der Waals surface area contributed by atoms with Crippen LogP contribution in [-0.4, -0.2) is 39.8 Å². The predicted molar refractivity (Wildman–Crippen MR) is 73.9 cm³/mol. The molecule has 2 atom stereocenters. The van der Waals surface area contributed by atoms with E-state index in [9.17, 15) is 16.8 Å². The fourth-order valence-corrected chi connectivity index (χ4v) is 6.36. The number of rotatable bonds is 3. The molecule has 0 amide bonds. The van der Waals surface area contributed by atoms with Crippen molar-refractivity contribution in [3.05, 3.63) is 29.3 Å². The molecule has 5 nitrogen and oxygen atoms in total. The first kappa shape index (κ1) is 15.1. The van der Waals surface area contributed by atoms with Crippen LogP contribution in [0.1, 0.15) is 0 Å². The third-order valence-electron chi connectivity index (χ3n) is 2.72. The molecule has 1 fully saturated rings. The third-order valence-corrected chi connectivity index (χ3v) is 7.08. The van der Waals surface area contributed by atoms with Gasteiger partial charge in [0, 0.05) is 0 Å². The minimum Gasteiger partial charge on any atom is -0.229 e. The number of nitrogens with one attached hydrogen (secondary N) is 1. The van der Waals surface area contributed by atoms with E-state index < -0.39 is 31.3 Å². The van der Waals surface area contributed by atoms with E-state index in [2.05, 4.69) is 4.72 Å². The van der Waals surface area contributed by atoms with Gasteiger partial charge in [0.05, 0.1) is 27.9 Å². The lowest BCUT2D eigenvalue weighted by molar-refractivity contribution is 0.563. The lowest BCUT2D eigenvalue weighted by Gasteiger charge is -2.15. The van der Waals surface area contributed by atoms with Crippen molar-refractivity contribution in [1.82, 2.24) is 4.72 Å². The molecular weight excluding hydrogens is 333 g/mol. The quantitative estimate of drug-likeness (QED) is 0.831. The highest BCUT2D eigenvalue weighted by Crippen LogP contribution is 2.24. The van der Waals surface area contributed by atoms with Crippen LogP contribution >= 0.6 is 23.2 Å². The molecule has 0 aromatic heterocycles. The molecule has 2 unspecified atom stereocenters. The van der Waals surface area contributed by atoms with E-state index >= 15 is 0 Å². The Kier molecular flexibility index (Phi) is 4.13. The number of hydrogen-bond donors (Lipinski definition) is 1. The Balaban J connectivity index is 2.27. The van der Waals surface area contributed by atoms with Crippen LogP contribution in [0.2, 0.25) is 5.02 Å². The number of sulfone groups is 1. The van der Waals surface area contributed by atoms with Crippen molar-refractivity contribution >= 4 is 43.1 Å². The van der Waals surface area contributed by atoms with E-state index in [0.29, 0.717) is 0 Å². The van der Waals surface area contributed by atoms with E-state index in [4.69, 9.17) is 23.2 Å². The van der Waals surface area contributed by atoms with E-state index in [1.165, 1.54) is 18.2 Å². The summed E-state index contributed by atoms with van der Waals surface area (Å²) in [7, 11) is -7.19. The highest BCUT2D eigenvalue weighted by Gasteiger charge is 2.39. The molecule has 0 bridgehead atoms. The van der Waals surface area contributed by atoms with Gasteiger partial charge in [-0.2, -0.15) is 0 Å². The fraction of sp³-hybridized carbons (Fsp3) is 0.400. The molecule has 2 rings (SSSR count). The molecule has 1 aromatic carbocycles. The summed E-state index contributed by atoms with van der Waals surface area (Å²) in [6.07, 6.45) is 0. The lowest BCUT2D eigenvalue weighted by Crippen LogP contribution is -2.40. The van der Waals surface area contributed by atoms with Gasteiger partial charge in [-0.15, -0.1) is 11.6 Å². The zero-order valence-corrected chi connectivity index (χ0v) is 12.7. The summed E-state index contributed by atoms with van der Waals surface area (Å²) in [5.74, 6) is -0.533. The number of benzene rings is 1. The first-order valence-corrected chi connectivity index (χ1v) is 9.44. The normalized spacial score (nSPS) is 26.4. The maximum atomic E-state index is 12.1. The van der Waals surface area contributed by atoms with E-state index in [-0.39, 0.29) is 21.4 Å². The van der Waals surface area contributed by atoms with Crippen LogP contribution in [0.3, 0.4) is 0 Å². The van der Waals surface area contributed by atoms with Gasteiger partial charge < -0.3 is 0 Å². The van der Waals surface area contributed by atoms with Crippen LogP contribution in [0.5, 0.6) is 0 Å². The van der Waals surface area contributed by atoms with Gasteiger partial charge in [-0.05, 0) is 12.1 Å². The average molecular weight is 344 g/mol. The molecule has 1 aliphatic heterocycles. The molecule has 106 valence electrons. The summed E-state index contributed by atoms with van der Waals surface area (Å²) >= 11 is 11.7. The van der Waals surface area contributed by atoms with E-state index in [1.807, 2.05) is 0 Å². The third kappa shape index (κ3) is 3.41. The summed E-state index contributed by atoms with van der Waals surface area (Å²) in [6, 6.07) is 5.08. The second-order valence-electron chi connectivity index (χ2n) is 4.25. The van der Waals surface area contributed by atoms with Crippen LogP contribution in [0.4, 0.5) is 0 Å². The van der Waals surface area contributed by atoms with Gasteiger partial charge in [-0.3, -0.25) is 0 Å². The molecule has 0 aliphatic carbocycles. The molecule has 0 radical (unpaired) electrons. The van der Waals surface area contributed by atoms with E-state index in [1.54, 1.807) is 6.07 Å². The summed E-state index contributed by atoms with van der Waals surface area (Å²) in [5.41, 5.74) is 0. The van der Waals surface area contributed by atoms with Crippen LogP contribution in [-0.2, 0) is 19.9 Å². The zero-order valence-electron chi connectivity index (χ0n) is 9.58. The Morgan fingerprint density at radius 1 is 1.21 bits per heavy atom. The number of hydrogen-bond acceptors (Lipinski definition) is 4. The van der Waals surface area contributed by atoms with Crippen molar-refractivity contribution in [2.45, 2.75) is 16.3 Å². The van der Waals surface area contributed by atoms with Crippen molar-refractivity contribution < 1.29 is 16.8 Å². The molecule has 1 aliphatic rings. The molecule has 9 heteroatoms. The highest BCUT2D eigenvalue weighted by molar-refractivity contribution is 7.92. The van der Waals surface area contributed by atoms with Crippen LogP contribution < -0.4 is 4.72 Å². The lowest BCUT2D eigenvalue weighted by atomic mass is 10.3. The van der Waals surface area contributed by atoms with Gasteiger partial charge in [-0.1, -0.05) is 23.7 Å². The second-order valence-corrected chi connectivity index (χ2v) is 9.06. The van der Waals surface area contributed by atoms with Gasteiger partial charge in [0.2, 0.25) is 10.0 Å². The maximum Gasteiger partial charge on any atom is 0.242 e. The van der Waals surface area contributed by atoms with Gasteiger partial charge in [0.1, 0.15) is 4.90 Å². The van der Waals surface area contributed by atoms with E-state index in [0.717, 1.165) is 0 Å². The molecule has 0 saturated carbocycles. The minimum absolute atomic E-state index is 0.0713. The van der Waals surface area contributed by atoms with Crippen molar-refractivity contribution in [3.8, 4) is 0 Å². The maximum absolute atomic E-state index is 12.1. The Morgan fingerprint density at radius 2 is 1.84 bits per heavy atom. The fourth-order valence-electron chi connectivity index (χ4n) is 1.84. The van der Waals surface area contributed by atoms with Crippen LogP contribution in [0.15, 0.2) is 29.2 Å². The van der Waals surface area contributed by atoms with Crippen molar-refractivity contribution in [2.75, 3.05) is 11.5 Å². The van der Waals surface area contributed by atoms with Crippen molar-refractivity contribution in [3.63, 3.8) is 0 Å².